The molecule has 0 aromatic carbocycles. The summed E-state index contributed by atoms with van der Waals surface area (Å²) in [5.41, 5.74) is -0.298. The van der Waals surface area contributed by atoms with E-state index in [-0.39, 0.29) is 11.3 Å². The van der Waals surface area contributed by atoms with Crippen LogP contribution < -0.4 is 0 Å². The van der Waals surface area contributed by atoms with Crippen LogP contribution in [0.3, 0.4) is 0 Å². The van der Waals surface area contributed by atoms with E-state index in [9.17, 15) is 13.2 Å². The van der Waals surface area contributed by atoms with Crippen LogP contribution in [0.2, 0.25) is 0 Å². The van der Waals surface area contributed by atoms with E-state index in [0.717, 1.165) is 12.1 Å². The summed E-state index contributed by atoms with van der Waals surface area (Å²) in [5, 5.41) is -0.198. The van der Waals surface area contributed by atoms with Gasteiger partial charge in [-0.1, -0.05) is 13.8 Å². The third-order valence-electron chi connectivity index (χ3n) is 2.27. The second-order valence-corrected chi connectivity index (χ2v) is 4.56. The number of hydrogen-bond donors (Lipinski definition) is 0. The third-order valence-corrected chi connectivity index (χ3v) is 2.93. The molecule has 16 heavy (non-hydrogen) atoms. The zero-order valence-electron chi connectivity index (χ0n) is 9.05. The van der Waals surface area contributed by atoms with Gasteiger partial charge in [-0.2, -0.15) is 13.2 Å². The standard InChI is InChI=1S/C11H13ClF3N/c1-7(2)10(12)6-9-5-8(3-4-16-9)11(13,14)15/h3-5,7,10H,6H2,1-2H3. The molecule has 1 atom stereocenters. The summed E-state index contributed by atoms with van der Waals surface area (Å²) in [6.45, 7) is 3.84. The fourth-order valence-corrected chi connectivity index (χ4v) is 1.36. The molecule has 0 saturated heterocycles. The highest BCUT2D eigenvalue weighted by Crippen LogP contribution is 2.29. The minimum absolute atomic E-state index is 0.198. The number of nitrogens with zero attached hydrogens (tertiary/aromatic N) is 1. The molecule has 1 aromatic rings. The lowest BCUT2D eigenvalue weighted by atomic mass is 10.0. The molecule has 0 spiro atoms. The van der Waals surface area contributed by atoms with Crippen molar-refractivity contribution in [3.05, 3.63) is 29.6 Å². The van der Waals surface area contributed by atoms with Gasteiger partial charge in [-0.05, 0) is 18.1 Å². The van der Waals surface area contributed by atoms with Gasteiger partial charge in [0.25, 0.3) is 0 Å². The SMILES string of the molecule is CC(C)C(Cl)Cc1cc(C(F)(F)F)ccn1. The van der Waals surface area contributed by atoms with Crippen LogP contribution in [0.15, 0.2) is 18.3 Å². The van der Waals surface area contributed by atoms with Gasteiger partial charge in [0.2, 0.25) is 0 Å². The maximum absolute atomic E-state index is 12.4. The first-order valence-corrected chi connectivity index (χ1v) is 5.40. The molecule has 5 heteroatoms. The van der Waals surface area contributed by atoms with E-state index in [4.69, 9.17) is 11.6 Å². The largest absolute Gasteiger partial charge is 0.416 e. The molecular weight excluding hydrogens is 239 g/mol. The van der Waals surface area contributed by atoms with Crippen LogP contribution in [-0.4, -0.2) is 10.4 Å². The second kappa shape index (κ2) is 5.04. The van der Waals surface area contributed by atoms with E-state index in [0.29, 0.717) is 12.1 Å². The molecule has 1 aromatic heterocycles. The van der Waals surface area contributed by atoms with Crippen LogP contribution in [0, 0.1) is 5.92 Å². The molecule has 0 fully saturated rings. The van der Waals surface area contributed by atoms with Gasteiger partial charge in [0.15, 0.2) is 0 Å². The van der Waals surface area contributed by atoms with E-state index < -0.39 is 11.7 Å². The van der Waals surface area contributed by atoms with Gasteiger partial charge >= 0.3 is 6.18 Å². The molecular formula is C11H13ClF3N. The minimum atomic E-state index is -4.32. The van der Waals surface area contributed by atoms with E-state index in [1.807, 2.05) is 13.8 Å². The van der Waals surface area contributed by atoms with Crippen molar-refractivity contribution in [1.82, 2.24) is 4.98 Å². The molecule has 1 rings (SSSR count). The molecule has 1 nitrogen and oxygen atoms in total. The lowest BCUT2D eigenvalue weighted by Crippen LogP contribution is -2.13. The van der Waals surface area contributed by atoms with E-state index in [1.54, 1.807) is 0 Å². The number of alkyl halides is 4. The Morgan fingerprint density at radius 2 is 2.00 bits per heavy atom. The Hall–Kier alpha value is -0.770. The first kappa shape index (κ1) is 13.3. The molecule has 0 aliphatic rings. The highest BCUT2D eigenvalue weighted by molar-refractivity contribution is 6.20. The summed E-state index contributed by atoms with van der Waals surface area (Å²) < 4.78 is 37.2. The Morgan fingerprint density at radius 1 is 1.38 bits per heavy atom. The second-order valence-electron chi connectivity index (χ2n) is 4.00. The molecule has 0 N–H and O–H groups in total. The number of rotatable bonds is 3. The Labute approximate surface area is 97.6 Å². The van der Waals surface area contributed by atoms with Crippen LogP contribution in [0.4, 0.5) is 13.2 Å². The molecule has 1 unspecified atom stereocenters. The van der Waals surface area contributed by atoms with Crippen molar-refractivity contribution in [2.45, 2.75) is 31.8 Å². The predicted molar refractivity (Wildman–Crippen MR) is 57.4 cm³/mol. The highest BCUT2D eigenvalue weighted by Gasteiger charge is 2.30. The molecule has 0 amide bonds. The van der Waals surface area contributed by atoms with Gasteiger partial charge < -0.3 is 0 Å². The molecule has 0 aliphatic carbocycles. The maximum Gasteiger partial charge on any atom is 0.416 e. The van der Waals surface area contributed by atoms with Crippen LogP contribution in [0.5, 0.6) is 0 Å². The summed E-state index contributed by atoms with van der Waals surface area (Å²) in [4.78, 5) is 3.89. The Balaban J connectivity index is 2.83. The molecule has 1 heterocycles. The van der Waals surface area contributed by atoms with Gasteiger partial charge in [-0.25, -0.2) is 0 Å². The van der Waals surface area contributed by atoms with Crippen molar-refractivity contribution in [2.24, 2.45) is 5.92 Å². The molecule has 0 aliphatic heterocycles. The van der Waals surface area contributed by atoms with Crippen LogP contribution in [-0.2, 0) is 12.6 Å². The first-order chi connectivity index (χ1) is 7.30. The quantitative estimate of drug-likeness (QED) is 0.743. The lowest BCUT2D eigenvalue weighted by Gasteiger charge is -2.13. The normalized spacial score (nSPS) is 14.2. The zero-order chi connectivity index (χ0) is 12.3. The monoisotopic (exact) mass is 251 g/mol. The number of halogens is 4. The Kier molecular flexibility index (Phi) is 4.19. The van der Waals surface area contributed by atoms with Crippen molar-refractivity contribution in [2.75, 3.05) is 0 Å². The van der Waals surface area contributed by atoms with Crippen molar-refractivity contribution >= 4 is 11.6 Å². The van der Waals surface area contributed by atoms with E-state index >= 15 is 0 Å². The summed E-state index contributed by atoms with van der Waals surface area (Å²) in [6, 6.07) is 2.01. The van der Waals surface area contributed by atoms with Crippen molar-refractivity contribution in [1.29, 1.82) is 0 Å². The smallest absolute Gasteiger partial charge is 0.261 e. The van der Waals surface area contributed by atoms with Crippen LogP contribution >= 0.6 is 11.6 Å². The lowest BCUT2D eigenvalue weighted by molar-refractivity contribution is -0.137. The Morgan fingerprint density at radius 3 is 2.50 bits per heavy atom. The fourth-order valence-electron chi connectivity index (χ4n) is 1.20. The van der Waals surface area contributed by atoms with Gasteiger partial charge in [-0.3, -0.25) is 4.98 Å². The molecule has 0 saturated carbocycles. The van der Waals surface area contributed by atoms with Gasteiger partial charge in [0, 0.05) is 23.7 Å². The van der Waals surface area contributed by atoms with Gasteiger partial charge in [-0.15, -0.1) is 11.6 Å². The zero-order valence-corrected chi connectivity index (χ0v) is 9.81. The van der Waals surface area contributed by atoms with Crippen molar-refractivity contribution < 1.29 is 13.2 Å². The average Bonchev–Trinajstić information content (AvgIpc) is 2.16. The van der Waals surface area contributed by atoms with Gasteiger partial charge in [0.1, 0.15) is 0 Å². The minimum Gasteiger partial charge on any atom is -0.261 e. The van der Waals surface area contributed by atoms with E-state index in [2.05, 4.69) is 4.98 Å². The van der Waals surface area contributed by atoms with Crippen LogP contribution in [0.25, 0.3) is 0 Å². The van der Waals surface area contributed by atoms with Crippen molar-refractivity contribution in [3.8, 4) is 0 Å². The predicted octanol–water partition coefficient (Wildman–Crippen LogP) is 3.91. The number of pyridine rings is 1. The average molecular weight is 252 g/mol. The third kappa shape index (κ3) is 3.67. The summed E-state index contributed by atoms with van der Waals surface area (Å²) in [6.07, 6.45) is -2.80. The molecule has 0 radical (unpaired) electrons. The van der Waals surface area contributed by atoms with Crippen LogP contribution in [0.1, 0.15) is 25.1 Å². The summed E-state index contributed by atoms with van der Waals surface area (Å²) in [5.74, 6) is 0.206. The molecule has 0 bridgehead atoms. The summed E-state index contributed by atoms with van der Waals surface area (Å²) in [7, 11) is 0. The fraction of sp³-hybridized carbons (Fsp3) is 0.545. The Bertz CT molecular complexity index is 349. The van der Waals surface area contributed by atoms with Crippen molar-refractivity contribution in [3.63, 3.8) is 0 Å². The highest BCUT2D eigenvalue weighted by atomic mass is 35.5. The van der Waals surface area contributed by atoms with E-state index in [1.165, 1.54) is 6.20 Å². The number of aromatic nitrogens is 1. The summed E-state index contributed by atoms with van der Waals surface area (Å²) >= 11 is 6.00. The maximum atomic E-state index is 12.4. The molecule has 90 valence electrons. The first-order valence-electron chi connectivity index (χ1n) is 4.97. The van der Waals surface area contributed by atoms with Gasteiger partial charge in [0.05, 0.1) is 5.56 Å². The number of hydrogen-bond acceptors (Lipinski definition) is 1. The topological polar surface area (TPSA) is 12.9 Å².